The maximum absolute atomic E-state index is 9.81. The van der Waals surface area contributed by atoms with Crippen molar-refractivity contribution < 1.29 is 9.52 Å². The molecule has 0 saturated heterocycles. The van der Waals surface area contributed by atoms with E-state index in [9.17, 15) is 5.11 Å². The van der Waals surface area contributed by atoms with Crippen molar-refractivity contribution in [2.24, 2.45) is 0 Å². The van der Waals surface area contributed by atoms with Gasteiger partial charge in [-0.25, -0.2) is 0 Å². The minimum Gasteiger partial charge on any atom is -0.463 e. The van der Waals surface area contributed by atoms with Crippen LogP contribution in [0.1, 0.15) is 44.8 Å². The number of aliphatic hydroxyl groups excluding tert-OH is 1. The van der Waals surface area contributed by atoms with Gasteiger partial charge in [-0.1, -0.05) is 27.4 Å². The second kappa shape index (κ2) is 4.70. The summed E-state index contributed by atoms with van der Waals surface area (Å²) in [5, 5.41) is 9.81. The minimum absolute atomic E-state index is 0.0146. The molecule has 1 aromatic heterocycles. The summed E-state index contributed by atoms with van der Waals surface area (Å²) in [6.45, 7) is 10.0. The molecule has 0 spiro atoms. The smallest absolute Gasteiger partial charge is 0.133 e. The van der Waals surface area contributed by atoms with Crippen molar-refractivity contribution >= 4 is 22.6 Å². The van der Waals surface area contributed by atoms with Gasteiger partial charge in [0.1, 0.15) is 17.6 Å². The van der Waals surface area contributed by atoms with Crippen molar-refractivity contribution in [2.75, 3.05) is 0 Å². The van der Waals surface area contributed by atoms with E-state index in [0.29, 0.717) is 12.2 Å². The van der Waals surface area contributed by atoms with E-state index in [2.05, 4.69) is 49.9 Å². The van der Waals surface area contributed by atoms with Crippen molar-refractivity contribution in [1.82, 2.24) is 0 Å². The normalized spacial score (nSPS) is 13.9. The van der Waals surface area contributed by atoms with Crippen molar-refractivity contribution in [3.8, 4) is 0 Å². The van der Waals surface area contributed by atoms with Crippen LogP contribution in [0.25, 0.3) is 0 Å². The maximum Gasteiger partial charge on any atom is 0.133 e. The Kier molecular flexibility index (Phi) is 4.00. The van der Waals surface area contributed by atoms with E-state index in [1.807, 2.05) is 12.1 Å². The zero-order valence-electron chi connectivity index (χ0n) is 9.38. The van der Waals surface area contributed by atoms with E-state index < -0.39 is 6.10 Å². The van der Waals surface area contributed by atoms with Crippen LogP contribution in [0, 0.1) is 0 Å². The molecule has 0 bridgehead atoms. The molecule has 1 rings (SSSR count). The average molecular weight is 320 g/mol. The van der Waals surface area contributed by atoms with E-state index in [1.54, 1.807) is 0 Å². The Labute approximate surface area is 105 Å². The zero-order valence-corrected chi connectivity index (χ0v) is 11.5. The van der Waals surface area contributed by atoms with Gasteiger partial charge in [-0.05, 0) is 38.3 Å². The van der Waals surface area contributed by atoms with Crippen LogP contribution in [-0.4, -0.2) is 5.11 Å². The summed E-state index contributed by atoms with van der Waals surface area (Å²) in [6.07, 6.45) is -0.0389. The lowest BCUT2D eigenvalue weighted by Crippen LogP contribution is -2.09. The third kappa shape index (κ3) is 3.65. The standard InChI is InChI=1S/C12H17IO2/c1-8(13)7-9(14)10-5-6-11(15-10)12(2,3)4/h5-6,9,14H,1,7H2,2-4H3. The van der Waals surface area contributed by atoms with Crippen molar-refractivity contribution in [1.29, 1.82) is 0 Å². The van der Waals surface area contributed by atoms with Crippen LogP contribution in [0.5, 0.6) is 0 Å². The lowest BCUT2D eigenvalue weighted by atomic mass is 9.94. The molecule has 2 nitrogen and oxygen atoms in total. The van der Waals surface area contributed by atoms with Gasteiger partial charge >= 0.3 is 0 Å². The second-order valence-electron chi connectivity index (χ2n) is 4.69. The van der Waals surface area contributed by atoms with Crippen molar-refractivity contribution in [3.63, 3.8) is 0 Å². The van der Waals surface area contributed by atoms with Gasteiger partial charge in [-0.15, -0.1) is 0 Å². The molecule has 0 aliphatic rings. The van der Waals surface area contributed by atoms with Gasteiger partial charge in [0, 0.05) is 11.8 Å². The molecule has 1 atom stereocenters. The first-order valence-corrected chi connectivity index (χ1v) is 6.00. The van der Waals surface area contributed by atoms with Crippen LogP contribution in [-0.2, 0) is 5.41 Å². The van der Waals surface area contributed by atoms with Gasteiger partial charge in [0.25, 0.3) is 0 Å². The molecule has 15 heavy (non-hydrogen) atoms. The third-order valence-electron chi connectivity index (χ3n) is 2.11. The van der Waals surface area contributed by atoms with E-state index in [-0.39, 0.29) is 5.41 Å². The zero-order chi connectivity index (χ0) is 11.6. The number of hydrogen-bond acceptors (Lipinski definition) is 2. The molecule has 0 amide bonds. The molecule has 0 aliphatic heterocycles. The third-order valence-corrected chi connectivity index (χ3v) is 2.55. The summed E-state index contributed by atoms with van der Waals surface area (Å²) in [6, 6.07) is 3.76. The van der Waals surface area contributed by atoms with Crippen molar-refractivity contribution in [3.05, 3.63) is 33.8 Å². The molecule has 1 unspecified atom stereocenters. The second-order valence-corrected chi connectivity index (χ2v) is 6.21. The predicted octanol–water partition coefficient (Wildman–Crippen LogP) is 3.95. The summed E-state index contributed by atoms with van der Waals surface area (Å²) in [5.74, 6) is 1.52. The summed E-state index contributed by atoms with van der Waals surface area (Å²) < 4.78 is 6.54. The molecule has 0 aromatic carbocycles. The van der Waals surface area contributed by atoms with Crippen LogP contribution < -0.4 is 0 Å². The highest BCUT2D eigenvalue weighted by Crippen LogP contribution is 2.29. The molecule has 3 heteroatoms. The first kappa shape index (κ1) is 12.8. The van der Waals surface area contributed by atoms with Crippen molar-refractivity contribution in [2.45, 2.75) is 38.7 Å². The fourth-order valence-corrected chi connectivity index (χ4v) is 1.66. The summed E-state index contributed by atoms with van der Waals surface area (Å²) >= 11 is 2.11. The van der Waals surface area contributed by atoms with Crippen LogP contribution in [0.2, 0.25) is 0 Å². The van der Waals surface area contributed by atoms with E-state index in [0.717, 1.165) is 9.34 Å². The molecule has 1 aromatic rings. The highest BCUT2D eigenvalue weighted by Gasteiger charge is 2.20. The molecular formula is C12H17IO2. The highest BCUT2D eigenvalue weighted by molar-refractivity contribution is 14.1. The number of aliphatic hydroxyl groups is 1. The largest absolute Gasteiger partial charge is 0.463 e. The number of hydrogen-bond donors (Lipinski definition) is 1. The number of halogens is 1. The van der Waals surface area contributed by atoms with Gasteiger partial charge in [-0.3, -0.25) is 0 Å². The first-order valence-electron chi connectivity index (χ1n) is 4.92. The van der Waals surface area contributed by atoms with E-state index in [4.69, 9.17) is 4.42 Å². The highest BCUT2D eigenvalue weighted by atomic mass is 127. The predicted molar refractivity (Wildman–Crippen MR) is 70.1 cm³/mol. The monoisotopic (exact) mass is 320 g/mol. The van der Waals surface area contributed by atoms with Gasteiger partial charge < -0.3 is 9.52 Å². The summed E-state index contributed by atoms with van der Waals surface area (Å²) in [5.41, 5.74) is -0.0146. The molecule has 0 radical (unpaired) electrons. The first-order chi connectivity index (χ1) is 6.80. The Hall–Kier alpha value is -0.290. The van der Waals surface area contributed by atoms with Crippen LogP contribution >= 0.6 is 22.6 Å². The Morgan fingerprint density at radius 3 is 2.53 bits per heavy atom. The molecule has 0 fully saturated rings. The quantitative estimate of drug-likeness (QED) is 0.856. The molecule has 0 aliphatic carbocycles. The Morgan fingerprint density at radius 2 is 2.13 bits per heavy atom. The molecule has 1 N–H and O–H groups in total. The Balaban J connectivity index is 2.80. The lowest BCUT2D eigenvalue weighted by molar-refractivity contribution is 0.148. The fraction of sp³-hybridized carbons (Fsp3) is 0.500. The summed E-state index contributed by atoms with van der Waals surface area (Å²) in [7, 11) is 0. The van der Waals surface area contributed by atoms with Gasteiger partial charge in [0.2, 0.25) is 0 Å². The Bertz CT molecular complexity index is 347. The molecular weight excluding hydrogens is 303 g/mol. The Morgan fingerprint density at radius 1 is 1.53 bits per heavy atom. The van der Waals surface area contributed by atoms with Crippen LogP contribution in [0.4, 0.5) is 0 Å². The summed E-state index contributed by atoms with van der Waals surface area (Å²) in [4.78, 5) is 0. The maximum atomic E-state index is 9.81. The molecule has 0 saturated carbocycles. The average Bonchev–Trinajstić information content (AvgIpc) is 2.48. The van der Waals surface area contributed by atoms with E-state index >= 15 is 0 Å². The van der Waals surface area contributed by atoms with Crippen LogP contribution in [0.15, 0.2) is 26.7 Å². The number of rotatable bonds is 3. The SMILES string of the molecule is C=C(I)CC(O)c1ccc(C(C)(C)C)o1. The molecule has 84 valence electrons. The van der Waals surface area contributed by atoms with E-state index in [1.165, 1.54) is 0 Å². The van der Waals surface area contributed by atoms with Gasteiger partial charge in [0.05, 0.1) is 0 Å². The van der Waals surface area contributed by atoms with Gasteiger partial charge in [-0.2, -0.15) is 0 Å². The fourth-order valence-electron chi connectivity index (χ4n) is 1.25. The van der Waals surface area contributed by atoms with Crippen LogP contribution in [0.3, 0.4) is 0 Å². The lowest BCUT2D eigenvalue weighted by Gasteiger charge is -2.14. The minimum atomic E-state index is -0.578. The van der Waals surface area contributed by atoms with Gasteiger partial charge in [0.15, 0.2) is 0 Å². The molecule has 1 heterocycles. The topological polar surface area (TPSA) is 33.4 Å². The number of furan rings is 1.